The summed E-state index contributed by atoms with van der Waals surface area (Å²) in [6.45, 7) is 3.44. The molecule has 0 saturated carbocycles. The van der Waals surface area contributed by atoms with Crippen LogP contribution in [0.2, 0.25) is 0 Å². The van der Waals surface area contributed by atoms with Crippen LogP contribution in [0.15, 0.2) is 18.2 Å². The van der Waals surface area contributed by atoms with Crippen molar-refractivity contribution < 1.29 is 18.4 Å². The zero-order valence-corrected chi connectivity index (χ0v) is 11.3. The number of hydrogen-bond acceptors (Lipinski definition) is 2. The van der Waals surface area contributed by atoms with E-state index in [0.29, 0.717) is 6.42 Å². The van der Waals surface area contributed by atoms with Crippen molar-refractivity contribution in [3.63, 3.8) is 0 Å². The SMILES string of the molecule is CC(C)CC1NC(=O)CN(c2c(F)cccc2F)C1=O. The van der Waals surface area contributed by atoms with Crippen LogP contribution in [-0.4, -0.2) is 24.4 Å². The first-order chi connectivity index (χ1) is 9.40. The normalized spacial score (nSPS) is 19.4. The number of carbonyl (C=O) groups is 2. The minimum atomic E-state index is -0.851. The van der Waals surface area contributed by atoms with E-state index in [-0.39, 0.29) is 12.5 Å². The van der Waals surface area contributed by atoms with E-state index in [2.05, 4.69) is 5.32 Å². The van der Waals surface area contributed by atoms with E-state index in [9.17, 15) is 18.4 Å². The third kappa shape index (κ3) is 2.79. The van der Waals surface area contributed by atoms with Gasteiger partial charge in [-0.2, -0.15) is 0 Å². The lowest BCUT2D eigenvalue weighted by Crippen LogP contribution is -2.59. The summed E-state index contributed by atoms with van der Waals surface area (Å²) in [4.78, 5) is 24.8. The predicted octanol–water partition coefficient (Wildman–Crippen LogP) is 1.84. The molecule has 1 saturated heterocycles. The highest BCUT2D eigenvalue weighted by Gasteiger charge is 2.36. The third-order valence-corrected chi connectivity index (χ3v) is 3.12. The van der Waals surface area contributed by atoms with Gasteiger partial charge in [0.15, 0.2) is 0 Å². The lowest BCUT2D eigenvalue weighted by atomic mass is 10.0. The molecule has 20 heavy (non-hydrogen) atoms. The minimum Gasteiger partial charge on any atom is -0.343 e. The van der Waals surface area contributed by atoms with Gasteiger partial charge in [0.25, 0.3) is 0 Å². The zero-order valence-electron chi connectivity index (χ0n) is 11.3. The fourth-order valence-electron chi connectivity index (χ4n) is 2.28. The van der Waals surface area contributed by atoms with Crippen molar-refractivity contribution in [2.45, 2.75) is 26.3 Å². The van der Waals surface area contributed by atoms with Gasteiger partial charge in [0.2, 0.25) is 11.8 Å². The molecule has 1 heterocycles. The molecule has 0 aliphatic carbocycles. The zero-order chi connectivity index (χ0) is 14.9. The first-order valence-corrected chi connectivity index (χ1v) is 6.45. The maximum atomic E-state index is 13.8. The van der Waals surface area contributed by atoms with Gasteiger partial charge in [-0.15, -0.1) is 0 Å². The van der Waals surface area contributed by atoms with Crippen molar-refractivity contribution in [1.29, 1.82) is 0 Å². The Kier molecular flexibility index (Phi) is 4.01. The molecule has 1 N–H and O–H groups in total. The summed E-state index contributed by atoms with van der Waals surface area (Å²) in [5.74, 6) is -2.43. The third-order valence-electron chi connectivity index (χ3n) is 3.12. The Morgan fingerprint density at radius 1 is 1.30 bits per heavy atom. The van der Waals surface area contributed by atoms with E-state index in [1.54, 1.807) is 0 Å². The number of nitrogens with one attached hydrogen (secondary N) is 1. The summed E-state index contributed by atoms with van der Waals surface area (Å²) in [6.07, 6.45) is 0.428. The second kappa shape index (κ2) is 5.56. The van der Waals surface area contributed by atoms with E-state index in [1.165, 1.54) is 6.07 Å². The van der Waals surface area contributed by atoms with E-state index in [1.807, 2.05) is 13.8 Å². The Morgan fingerprint density at radius 2 is 1.90 bits per heavy atom. The van der Waals surface area contributed by atoms with Crippen LogP contribution in [0.4, 0.5) is 14.5 Å². The van der Waals surface area contributed by atoms with Gasteiger partial charge in [0.05, 0.1) is 0 Å². The highest BCUT2D eigenvalue weighted by atomic mass is 19.1. The first kappa shape index (κ1) is 14.4. The second-order valence-electron chi connectivity index (χ2n) is 5.24. The molecule has 0 aromatic heterocycles. The second-order valence-corrected chi connectivity index (χ2v) is 5.24. The highest BCUT2D eigenvalue weighted by Crippen LogP contribution is 2.26. The smallest absolute Gasteiger partial charge is 0.250 e. The number of amides is 2. The summed E-state index contributed by atoms with van der Waals surface area (Å²) in [5.41, 5.74) is -0.457. The van der Waals surface area contributed by atoms with E-state index < -0.39 is 35.2 Å². The molecular weight excluding hydrogens is 266 g/mol. The van der Waals surface area contributed by atoms with Gasteiger partial charge >= 0.3 is 0 Å². The molecule has 2 amide bonds. The number of piperazine rings is 1. The predicted molar refractivity (Wildman–Crippen MR) is 70.1 cm³/mol. The van der Waals surface area contributed by atoms with Crippen LogP contribution in [0.25, 0.3) is 0 Å². The van der Waals surface area contributed by atoms with Crippen molar-refractivity contribution in [2.24, 2.45) is 5.92 Å². The Hall–Kier alpha value is -1.98. The fourth-order valence-corrected chi connectivity index (χ4v) is 2.28. The molecule has 108 valence electrons. The monoisotopic (exact) mass is 282 g/mol. The van der Waals surface area contributed by atoms with Gasteiger partial charge in [0, 0.05) is 0 Å². The minimum absolute atomic E-state index is 0.176. The topological polar surface area (TPSA) is 49.4 Å². The van der Waals surface area contributed by atoms with E-state index >= 15 is 0 Å². The maximum Gasteiger partial charge on any atom is 0.250 e. The van der Waals surface area contributed by atoms with Gasteiger partial charge in [-0.3, -0.25) is 14.5 Å². The fraction of sp³-hybridized carbons (Fsp3) is 0.429. The first-order valence-electron chi connectivity index (χ1n) is 6.45. The maximum absolute atomic E-state index is 13.8. The van der Waals surface area contributed by atoms with Crippen molar-refractivity contribution in [3.8, 4) is 0 Å². The van der Waals surface area contributed by atoms with E-state index in [0.717, 1.165) is 17.0 Å². The standard InChI is InChI=1S/C14H16F2N2O2/c1-8(2)6-11-14(20)18(7-12(19)17-11)13-9(15)4-3-5-10(13)16/h3-5,8,11H,6-7H2,1-2H3,(H,17,19). The van der Waals surface area contributed by atoms with Gasteiger partial charge in [-0.1, -0.05) is 19.9 Å². The molecule has 2 rings (SSSR count). The van der Waals surface area contributed by atoms with Crippen LogP contribution in [0.3, 0.4) is 0 Å². The molecule has 1 fully saturated rings. The molecule has 6 heteroatoms. The van der Waals surface area contributed by atoms with Crippen LogP contribution in [-0.2, 0) is 9.59 Å². The number of hydrogen-bond donors (Lipinski definition) is 1. The molecule has 1 aromatic carbocycles. The molecule has 4 nitrogen and oxygen atoms in total. The molecule has 1 aromatic rings. The molecule has 0 radical (unpaired) electrons. The number of anilines is 1. The number of nitrogens with zero attached hydrogens (tertiary/aromatic N) is 1. The molecule has 0 bridgehead atoms. The summed E-state index contributed by atoms with van der Waals surface area (Å²) < 4.78 is 27.5. The lowest BCUT2D eigenvalue weighted by molar-refractivity contribution is -0.131. The molecule has 1 unspecified atom stereocenters. The van der Waals surface area contributed by atoms with Gasteiger partial charge in [0.1, 0.15) is 29.9 Å². The van der Waals surface area contributed by atoms with Crippen molar-refractivity contribution >= 4 is 17.5 Å². The van der Waals surface area contributed by atoms with Crippen molar-refractivity contribution in [3.05, 3.63) is 29.8 Å². The van der Waals surface area contributed by atoms with Crippen LogP contribution in [0, 0.1) is 17.6 Å². The number of rotatable bonds is 3. The molecule has 1 aliphatic heterocycles. The highest BCUT2D eigenvalue weighted by molar-refractivity contribution is 6.06. The van der Waals surface area contributed by atoms with Gasteiger partial charge in [-0.05, 0) is 24.5 Å². The molecule has 0 spiro atoms. The Bertz CT molecular complexity index is 526. The number of carbonyl (C=O) groups excluding carboxylic acids is 2. The van der Waals surface area contributed by atoms with Crippen LogP contribution in [0.5, 0.6) is 0 Å². The van der Waals surface area contributed by atoms with Gasteiger partial charge < -0.3 is 5.32 Å². The van der Waals surface area contributed by atoms with Crippen LogP contribution in [0.1, 0.15) is 20.3 Å². The molecule has 1 atom stereocenters. The average Bonchev–Trinajstić information content (AvgIpc) is 2.33. The number of halogens is 2. The molecular formula is C14H16F2N2O2. The van der Waals surface area contributed by atoms with Crippen LogP contribution < -0.4 is 10.2 Å². The quantitative estimate of drug-likeness (QED) is 0.919. The Balaban J connectivity index is 2.35. The van der Waals surface area contributed by atoms with Gasteiger partial charge in [-0.25, -0.2) is 8.78 Å². The lowest BCUT2D eigenvalue weighted by Gasteiger charge is -2.33. The summed E-state index contributed by atoms with van der Waals surface area (Å²) >= 11 is 0. The summed E-state index contributed by atoms with van der Waals surface area (Å²) in [7, 11) is 0. The van der Waals surface area contributed by atoms with Crippen molar-refractivity contribution in [1.82, 2.24) is 5.32 Å². The largest absolute Gasteiger partial charge is 0.343 e. The Morgan fingerprint density at radius 3 is 2.45 bits per heavy atom. The van der Waals surface area contributed by atoms with E-state index in [4.69, 9.17) is 0 Å². The average molecular weight is 282 g/mol. The number of para-hydroxylation sites is 1. The van der Waals surface area contributed by atoms with Crippen LogP contribution >= 0.6 is 0 Å². The number of benzene rings is 1. The summed E-state index contributed by atoms with van der Waals surface area (Å²) in [5, 5.41) is 2.56. The Labute approximate surface area is 115 Å². The van der Waals surface area contributed by atoms with Crippen molar-refractivity contribution in [2.75, 3.05) is 11.4 Å². The summed E-state index contributed by atoms with van der Waals surface area (Å²) in [6, 6.07) is 2.61. The molecule has 1 aliphatic rings.